The minimum atomic E-state index is -0.117. The summed E-state index contributed by atoms with van der Waals surface area (Å²) >= 11 is 6.01. The summed E-state index contributed by atoms with van der Waals surface area (Å²) in [6, 6.07) is 1.68. The molecule has 15 heavy (non-hydrogen) atoms. The smallest absolute Gasteiger partial charge is 0.129 e. The van der Waals surface area contributed by atoms with Gasteiger partial charge in [0, 0.05) is 5.02 Å². The Kier molecular flexibility index (Phi) is 4.55. The third-order valence-electron chi connectivity index (χ3n) is 2.65. The van der Waals surface area contributed by atoms with Gasteiger partial charge in [-0.2, -0.15) is 0 Å². The minimum absolute atomic E-state index is 0.117. The fourth-order valence-electron chi connectivity index (χ4n) is 1.65. The van der Waals surface area contributed by atoms with E-state index in [1.807, 2.05) is 6.92 Å². The molecule has 0 saturated carbocycles. The van der Waals surface area contributed by atoms with Crippen LogP contribution in [0.25, 0.3) is 0 Å². The second-order valence-corrected chi connectivity index (χ2v) is 4.25. The lowest BCUT2D eigenvalue weighted by Crippen LogP contribution is -2.02. The van der Waals surface area contributed by atoms with E-state index >= 15 is 0 Å². The van der Waals surface area contributed by atoms with E-state index in [2.05, 4.69) is 0 Å². The lowest BCUT2D eigenvalue weighted by atomic mass is 9.99. The van der Waals surface area contributed by atoms with Gasteiger partial charge in [-0.05, 0) is 62.4 Å². The largest absolute Gasteiger partial charge is 0.330 e. The Morgan fingerprint density at radius 2 is 2.00 bits per heavy atom. The number of nitrogens with two attached hydrogens (primary N) is 1. The van der Waals surface area contributed by atoms with Gasteiger partial charge in [0.05, 0.1) is 0 Å². The van der Waals surface area contributed by atoms with Crippen LogP contribution in [0.15, 0.2) is 6.07 Å². The minimum Gasteiger partial charge on any atom is -0.330 e. The summed E-state index contributed by atoms with van der Waals surface area (Å²) in [5.41, 5.74) is 7.63. The molecule has 3 heteroatoms. The van der Waals surface area contributed by atoms with Crippen molar-refractivity contribution < 1.29 is 4.39 Å². The van der Waals surface area contributed by atoms with E-state index in [0.717, 1.165) is 30.4 Å². The van der Waals surface area contributed by atoms with Crippen LogP contribution >= 0.6 is 11.6 Å². The van der Waals surface area contributed by atoms with Crippen molar-refractivity contribution in [1.29, 1.82) is 0 Å². The van der Waals surface area contributed by atoms with Crippen LogP contribution in [0.5, 0.6) is 0 Å². The van der Waals surface area contributed by atoms with Gasteiger partial charge in [0.25, 0.3) is 0 Å². The van der Waals surface area contributed by atoms with Gasteiger partial charge in [-0.25, -0.2) is 4.39 Å². The molecule has 0 bridgehead atoms. The van der Waals surface area contributed by atoms with Gasteiger partial charge in [-0.3, -0.25) is 0 Å². The van der Waals surface area contributed by atoms with Gasteiger partial charge in [0.1, 0.15) is 5.82 Å². The van der Waals surface area contributed by atoms with Crippen molar-refractivity contribution in [1.82, 2.24) is 0 Å². The van der Waals surface area contributed by atoms with E-state index in [-0.39, 0.29) is 5.82 Å². The van der Waals surface area contributed by atoms with E-state index in [9.17, 15) is 4.39 Å². The van der Waals surface area contributed by atoms with Gasteiger partial charge in [-0.1, -0.05) is 11.6 Å². The molecule has 0 aromatic heterocycles. The molecule has 0 fully saturated rings. The summed E-state index contributed by atoms with van der Waals surface area (Å²) in [6.45, 7) is 4.26. The van der Waals surface area contributed by atoms with Crippen LogP contribution in [0.3, 0.4) is 0 Å². The summed E-state index contributed by atoms with van der Waals surface area (Å²) in [7, 11) is 0. The highest BCUT2D eigenvalue weighted by atomic mass is 35.5. The molecule has 0 unspecified atom stereocenters. The van der Waals surface area contributed by atoms with Gasteiger partial charge in [0.2, 0.25) is 0 Å². The van der Waals surface area contributed by atoms with Crippen molar-refractivity contribution in [2.45, 2.75) is 33.1 Å². The van der Waals surface area contributed by atoms with Crippen molar-refractivity contribution in [2.24, 2.45) is 5.73 Å². The number of benzene rings is 1. The second kappa shape index (κ2) is 5.47. The molecular formula is C12H17ClFN. The highest BCUT2D eigenvalue weighted by Gasteiger charge is 2.11. The Morgan fingerprint density at radius 1 is 1.33 bits per heavy atom. The molecular weight excluding hydrogens is 213 g/mol. The van der Waals surface area contributed by atoms with Gasteiger partial charge < -0.3 is 5.73 Å². The second-order valence-electron chi connectivity index (χ2n) is 3.84. The summed E-state index contributed by atoms with van der Waals surface area (Å²) in [5.74, 6) is -0.117. The van der Waals surface area contributed by atoms with E-state index < -0.39 is 0 Å². The number of halogens is 2. The summed E-state index contributed by atoms with van der Waals surface area (Å²) < 4.78 is 13.8. The predicted molar refractivity (Wildman–Crippen MR) is 62.9 cm³/mol. The quantitative estimate of drug-likeness (QED) is 0.788. The third-order valence-corrected chi connectivity index (χ3v) is 3.04. The monoisotopic (exact) mass is 229 g/mol. The summed E-state index contributed by atoms with van der Waals surface area (Å²) in [4.78, 5) is 0. The van der Waals surface area contributed by atoms with Crippen LogP contribution in [-0.2, 0) is 6.42 Å². The number of hydrogen-bond acceptors (Lipinski definition) is 1. The van der Waals surface area contributed by atoms with Crippen LogP contribution in [0.2, 0.25) is 5.02 Å². The van der Waals surface area contributed by atoms with Crippen LogP contribution in [0, 0.1) is 19.7 Å². The molecule has 0 aliphatic carbocycles. The molecule has 0 aliphatic rings. The first-order valence-electron chi connectivity index (χ1n) is 5.22. The van der Waals surface area contributed by atoms with E-state index in [0.29, 0.717) is 17.1 Å². The highest BCUT2D eigenvalue weighted by molar-refractivity contribution is 6.31. The van der Waals surface area contributed by atoms with Crippen LogP contribution in [-0.4, -0.2) is 6.54 Å². The van der Waals surface area contributed by atoms with Gasteiger partial charge in [0.15, 0.2) is 0 Å². The SMILES string of the molecule is Cc1cc(Cl)c(C)c(CCCCN)c1F. The molecule has 0 heterocycles. The molecule has 1 rings (SSSR count). The maximum atomic E-state index is 13.8. The van der Waals surface area contributed by atoms with Crippen LogP contribution < -0.4 is 5.73 Å². The lowest BCUT2D eigenvalue weighted by Gasteiger charge is -2.11. The van der Waals surface area contributed by atoms with Crippen molar-refractivity contribution >= 4 is 11.6 Å². The van der Waals surface area contributed by atoms with Crippen molar-refractivity contribution in [3.63, 3.8) is 0 Å². The fraction of sp³-hybridized carbons (Fsp3) is 0.500. The molecule has 2 N–H and O–H groups in total. The van der Waals surface area contributed by atoms with Crippen LogP contribution in [0.4, 0.5) is 4.39 Å². The van der Waals surface area contributed by atoms with E-state index in [1.165, 1.54) is 0 Å². The number of aryl methyl sites for hydroxylation is 1. The molecule has 0 aliphatic heterocycles. The van der Waals surface area contributed by atoms with Crippen molar-refractivity contribution in [2.75, 3.05) is 6.54 Å². The average molecular weight is 230 g/mol. The first-order chi connectivity index (χ1) is 7.07. The fourth-order valence-corrected chi connectivity index (χ4v) is 1.93. The molecule has 1 aromatic carbocycles. The maximum absolute atomic E-state index is 13.8. The molecule has 1 nitrogen and oxygen atoms in total. The molecule has 84 valence electrons. The zero-order valence-corrected chi connectivity index (χ0v) is 9.99. The molecule has 0 atom stereocenters. The van der Waals surface area contributed by atoms with Crippen LogP contribution in [0.1, 0.15) is 29.5 Å². The van der Waals surface area contributed by atoms with Crippen molar-refractivity contribution in [3.8, 4) is 0 Å². The summed E-state index contributed by atoms with van der Waals surface area (Å²) in [5, 5.41) is 0.650. The Bertz CT molecular complexity index is 324. The van der Waals surface area contributed by atoms with Gasteiger partial charge >= 0.3 is 0 Å². The molecule has 0 saturated heterocycles. The summed E-state index contributed by atoms with van der Waals surface area (Å²) in [6.07, 6.45) is 2.55. The predicted octanol–water partition coefficient (Wildman–Crippen LogP) is 3.38. The molecule has 0 spiro atoms. The number of hydrogen-bond donors (Lipinski definition) is 1. The normalized spacial score (nSPS) is 10.7. The highest BCUT2D eigenvalue weighted by Crippen LogP contribution is 2.26. The molecule has 1 aromatic rings. The van der Waals surface area contributed by atoms with E-state index in [4.69, 9.17) is 17.3 Å². The van der Waals surface area contributed by atoms with E-state index in [1.54, 1.807) is 13.0 Å². The average Bonchev–Trinajstić information content (AvgIpc) is 2.20. The maximum Gasteiger partial charge on any atom is 0.129 e. The first kappa shape index (κ1) is 12.5. The Labute approximate surface area is 95.4 Å². The number of unbranched alkanes of at least 4 members (excludes halogenated alkanes) is 1. The standard InChI is InChI=1S/C12H17ClFN/c1-8-7-11(13)9(2)10(12(8)14)5-3-4-6-15/h7H,3-6,15H2,1-2H3. The zero-order valence-electron chi connectivity index (χ0n) is 9.24. The van der Waals surface area contributed by atoms with Crippen molar-refractivity contribution in [3.05, 3.63) is 33.6 Å². The van der Waals surface area contributed by atoms with Gasteiger partial charge in [-0.15, -0.1) is 0 Å². The molecule has 0 radical (unpaired) electrons. The molecule has 0 amide bonds. The Hall–Kier alpha value is -0.600. The first-order valence-corrected chi connectivity index (χ1v) is 5.60. The number of rotatable bonds is 4. The Morgan fingerprint density at radius 3 is 2.60 bits per heavy atom. The Balaban J connectivity index is 2.94. The lowest BCUT2D eigenvalue weighted by molar-refractivity contribution is 0.590. The topological polar surface area (TPSA) is 26.0 Å². The zero-order chi connectivity index (χ0) is 11.4. The third kappa shape index (κ3) is 2.93.